The van der Waals surface area contributed by atoms with E-state index < -0.39 is 0 Å². The number of rotatable bonds is 4. The molecule has 2 N–H and O–H groups in total. The molecule has 0 heterocycles. The highest BCUT2D eigenvalue weighted by Crippen LogP contribution is 2.23. The number of para-hydroxylation sites is 2. The van der Waals surface area contributed by atoms with Gasteiger partial charge in [0.25, 0.3) is 5.91 Å². The lowest BCUT2D eigenvalue weighted by Crippen LogP contribution is -2.22. The van der Waals surface area contributed by atoms with Gasteiger partial charge in [0.1, 0.15) is 5.75 Å². The Labute approximate surface area is 125 Å². The van der Waals surface area contributed by atoms with Crippen LogP contribution in [0.2, 0.25) is 0 Å². The van der Waals surface area contributed by atoms with Gasteiger partial charge in [-0.15, -0.1) is 0 Å². The van der Waals surface area contributed by atoms with Crippen LogP contribution < -0.4 is 5.32 Å². The molecule has 0 fully saturated rings. The van der Waals surface area contributed by atoms with Crippen molar-refractivity contribution in [1.29, 1.82) is 0 Å². The van der Waals surface area contributed by atoms with E-state index in [1.807, 2.05) is 43.3 Å². The number of hydrogen-bond acceptors (Lipinski definition) is 3. The van der Waals surface area contributed by atoms with Crippen LogP contribution in [0.4, 0.5) is 5.69 Å². The number of aromatic hydroxyl groups is 1. The molecular weight excluding hydrogens is 264 g/mol. The van der Waals surface area contributed by atoms with E-state index >= 15 is 0 Å². The van der Waals surface area contributed by atoms with Gasteiger partial charge in [-0.25, -0.2) is 0 Å². The molecule has 1 amide bonds. The first-order valence-corrected chi connectivity index (χ1v) is 6.82. The fourth-order valence-corrected chi connectivity index (χ4v) is 2.12. The minimum atomic E-state index is -0.0495. The third kappa shape index (κ3) is 3.34. The maximum Gasteiger partial charge on any atom is 0.255 e. The van der Waals surface area contributed by atoms with Crippen LogP contribution >= 0.6 is 0 Å². The molecule has 2 rings (SSSR count). The Kier molecular flexibility index (Phi) is 4.48. The lowest BCUT2D eigenvalue weighted by Gasteiger charge is -2.16. The molecule has 4 heteroatoms. The highest BCUT2D eigenvalue weighted by atomic mass is 16.3. The Morgan fingerprint density at radius 2 is 1.86 bits per heavy atom. The summed E-state index contributed by atoms with van der Waals surface area (Å²) in [6, 6.07) is 13.0. The van der Waals surface area contributed by atoms with Crippen LogP contribution in [0.15, 0.2) is 42.5 Å². The van der Waals surface area contributed by atoms with Crippen molar-refractivity contribution < 1.29 is 9.90 Å². The Morgan fingerprint density at radius 3 is 2.57 bits per heavy atom. The zero-order valence-electron chi connectivity index (χ0n) is 12.6. The molecule has 0 aromatic heterocycles. The normalized spacial score (nSPS) is 10.2. The number of nitrogens with one attached hydrogen (secondary N) is 1. The molecule has 21 heavy (non-hydrogen) atoms. The van der Waals surface area contributed by atoms with E-state index in [-0.39, 0.29) is 5.91 Å². The van der Waals surface area contributed by atoms with Crippen LogP contribution in [0.25, 0.3) is 0 Å². The second-order valence-electron chi connectivity index (χ2n) is 5.18. The number of aryl methyl sites for hydroxylation is 1. The molecule has 2 aromatic carbocycles. The van der Waals surface area contributed by atoms with Crippen LogP contribution in [0, 0.1) is 6.92 Å². The standard InChI is InChI=1S/C17H20N2O2/c1-12-7-6-8-13(16(12)20)11-18-15-10-5-4-9-14(15)17(21)19(2)3/h4-10,18,20H,11H2,1-3H3. The van der Waals surface area contributed by atoms with E-state index in [0.717, 1.165) is 16.8 Å². The molecule has 0 unspecified atom stereocenters. The molecule has 0 aliphatic heterocycles. The number of phenols is 1. The zero-order valence-corrected chi connectivity index (χ0v) is 12.6. The van der Waals surface area contributed by atoms with Crippen LogP contribution in [0.5, 0.6) is 5.75 Å². The maximum absolute atomic E-state index is 12.1. The summed E-state index contributed by atoms with van der Waals surface area (Å²) in [4.78, 5) is 13.7. The summed E-state index contributed by atoms with van der Waals surface area (Å²) in [5, 5.41) is 13.3. The summed E-state index contributed by atoms with van der Waals surface area (Å²) in [7, 11) is 3.46. The number of anilines is 1. The quantitative estimate of drug-likeness (QED) is 0.907. The summed E-state index contributed by atoms with van der Waals surface area (Å²) in [6.07, 6.45) is 0. The van der Waals surface area contributed by atoms with E-state index in [9.17, 15) is 9.90 Å². The number of carbonyl (C=O) groups excluding carboxylic acids is 1. The molecule has 0 spiro atoms. The number of nitrogens with zero attached hydrogens (tertiary/aromatic N) is 1. The number of hydrogen-bond donors (Lipinski definition) is 2. The molecule has 0 saturated carbocycles. The van der Waals surface area contributed by atoms with E-state index in [2.05, 4.69) is 5.32 Å². The van der Waals surface area contributed by atoms with Crippen molar-refractivity contribution in [1.82, 2.24) is 4.90 Å². The average Bonchev–Trinajstić information content (AvgIpc) is 2.48. The Bertz CT molecular complexity index is 651. The van der Waals surface area contributed by atoms with Crippen molar-refractivity contribution in [3.63, 3.8) is 0 Å². The molecular formula is C17H20N2O2. The Hall–Kier alpha value is -2.49. The van der Waals surface area contributed by atoms with E-state index in [4.69, 9.17) is 0 Å². The fourth-order valence-electron chi connectivity index (χ4n) is 2.12. The predicted octanol–water partition coefficient (Wildman–Crippen LogP) is 3.01. The zero-order chi connectivity index (χ0) is 15.4. The summed E-state index contributed by atoms with van der Waals surface area (Å²) < 4.78 is 0. The number of amides is 1. The summed E-state index contributed by atoms with van der Waals surface area (Å²) in [6.45, 7) is 2.33. The maximum atomic E-state index is 12.1. The van der Waals surface area contributed by atoms with Gasteiger partial charge in [0.15, 0.2) is 0 Å². The molecule has 0 bridgehead atoms. The van der Waals surface area contributed by atoms with Crippen molar-refractivity contribution in [2.45, 2.75) is 13.5 Å². The molecule has 0 saturated heterocycles. The predicted molar refractivity (Wildman–Crippen MR) is 84.6 cm³/mol. The monoisotopic (exact) mass is 284 g/mol. The van der Waals surface area contributed by atoms with Gasteiger partial charge in [-0.3, -0.25) is 4.79 Å². The minimum absolute atomic E-state index is 0.0495. The smallest absolute Gasteiger partial charge is 0.255 e. The summed E-state index contributed by atoms with van der Waals surface area (Å²) in [5.74, 6) is 0.244. The van der Waals surface area contributed by atoms with Gasteiger partial charge in [-0.05, 0) is 24.6 Å². The van der Waals surface area contributed by atoms with Gasteiger partial charge >= 0.3 is 0 Å². The molecule has 0 atom stereocenters. The van der Waals surface area contributed by atoms with Crippen molar-refractivity contribution in [2.75, 3.05) is 19.4 Å². The summed E-state index contributed by atoms with van der Waals surface area (Å²) >= 11 is 0. The first-order valence-electron chi connectivity index (χ1n) is 6.82. The van der Waals surface area contributed by atoms with Crippen molar-refractivity contribution >= 4 is 11.6 Å². The second kappa shape index (κ2) is 6.31. The second-order valence-corrected chi connectivity index (χ2v) is 5.18. The van der Waals surface area contributed by atoms with Crippen molar-refractivity contribution in [3.05, 3.63) is 59.2 Å². The van der Waals surface area contributed by atoms with E-state index in [1.165, 1.54) is 0 Å². The molecule has 0 radical (unpaired) electrons. The first-order chi connectivity index (χ1) is 10.0. The first kappa shape index (κ1) is 14.9. The third-order valence-electron chi connectivity index (χ3n) is 3.35. The van der Waals surface area contributed by atoms with Crippen molar-refractivity contribution in [2.24, 2.45) is 0 Å². The molecule has 110 valence electrons. The van der Waals surface area contributed by atoms with Crippen LogP contribution in [0.1, 0.15) is 21.5 Å². The molecule has 0 aliphatic rings. The van der Waals surface area contributed by atoms with Gasteiger partial charge in [0, 0.05) is 31.9 Å². The summed E-state index contributed by atoms with van der Waals surface area (Å²) in [5.41, 5.74) is 3.03. The van der Waals surface area contributed by atoms with Crippen molar-refractivity contribution in [3.8, 4) is 5.75 Å². The molecule has 2 aromatic rings. The van der Waals surface area contributed by atoms with Gasteiger partial charge in [0.2, 0.25) is 0 Å². The third-order valence-corrected chi connectivity index (χ3v) is 3.35. The Balaban J connectivity index is 2.21. The fraction of sp³-hybridized carbons (Fsp3) is 0.235. The lowest BCUT2D eigenvalue weighted by molar-refractivity contribution is 0.0828. The topological polar surface area (TPSA) is 52.6 Å². The van der Waals surface area contributed by atoms with E-state index in [0.29, 0.717) is 17.9 Å². The number of benzene rings is 2. The minimum Gasteiger partial charge on any atom is -0.507 e. The van der Waals surface area contributed by atoms with Crippen LogP contribution in [0.3, 0.4) is 0 Å². The van der Waals surface area contributed by atoms with Gasteiger partial charge < -0.3 is 15.3 Å². The highest BCUT2D eigenvalue weighted by Gasteiger charge is 2.13. The molecule has 4 nitrogen and oxygen atoms in total. The number of phenolic OH excluding ortho intramolecular Hbond substituents is 1. The van der Waals surface area contributed by atoms with Gasteiger partial charge in [-0.1, -0.05) is 30.3 Å². The van der Waals surface area contributed by atoms with Gasteiger partial charge in [0.05, 0.1) is 5.56 Å². The lowest BCUT2D eigenvalue weighted by atomic mass is 10.1. The SMILES string of the molecule is Cc1cccc(CNc2ccccc2C(=O)N(C)C)c1O. The van der Waals surface area contributed by atoms with Gasteiger partial charge in [-0.2, -0.15) is 0 Å². The van der Waals surface area contributed by atoms with Crippen LogP contribution in [-0.4, -0.2) is 30.0 Å². The number of carbonyl (C=O) groups is 1. The highest BCUT2D eigenvalue weighted by molar-refractivity contribution is 5.99. The Morgan fingerprint density at radius 1 is 1.14 bits per heavy atom. The van der Waals surface area contributed by atoms with E-state index in [1.54, 1.807) is 25.1 Å². The van der Waals surface area contributed by atoms with Crippen LogP contribution in [-0.2, 0) is 6.54 Å². The molecule has 0 aliphatic carbocycles. The largest absolute Gasteiger partial charge is 0.507 e. The average molecular weight is 284 g/mol.